The Labute approximate surface area is 131 Å². The number of halogens is 1. The monoisotopic (exact) mass is 342 g/mol. The highest BCUT2D eigenvalue weighted by molar-refractivity contribution is 9.10. The van der Waals surface area contributed by atoms with Crippen molar-refractivity contribution in [2.75, 3.05) is 26.7 Å². The highest BCUT2D eigenvalue weighted by atomic mass is 79.9. The van der Waals surface area contributed by atoms with Crippen LogP contribution in [0.1, 0.15) is 38.1 Å². The number of hydrogen-bond donors (Lipinski definition) is 0. The molecule has 5 heteroatoms. The summed E-state index contributed by atoms with van der Waals surface area (Å²) in [5.74, 6) is 0. The maximum Gasteiger partial charge on any atom is 0.0739 e. The van der Waals surface area contributed by atoms with Crippen LogP contribution >= 0.6 is 15.9 Å². The molecule has 0 radical (unpaired) electrons. The molecule has 1 aromatic rings. The molecule has 0 N–H and O–H groups in total. The summed E-state index contributed by atoms with van der Waals surface area (Å²) >= 11 is 3.70. The number of rotatable bonds is 5. The topological polar surface area (TPSA) is 24.3 Å². The van der Waals surface area contributed by atoms with Crippen molar-refractivity contribution in [3.05, 3.63) is 15.9 Å². The van der Waals surface area contributed by atoms with Crippen molar-refractivity contribution in [2.45, 2.75) is 52.7 Å². The first-order valence-corrected chi connectivity index (χ1v) is 8.50. The van der Waals surface area contributed by atoms with Crippen LogP contribution in [-0.4, -0.2) is 52.3 Å². The summed E-state index contributed by atoms with van der Waals surface area (Å²) in [5.41, 5.74) is 2.40. The van der Waals surface area contributed by atoms with Crippen molar-refractivity contribution in [1.82, 2.24) is 19.6 Å². The molecular formula is C15H27BrN4. The van der Waals surface area contributed by atoms with Crippen molar-refractivity contribution in [1.29, 1.82) is 0 Å². The second-order valence-electron chi connectivity index (χ2n) is 5.74. The Morgan fingerprint density at radius 1 is 1.25 bits per heavy atom. The molecule has 1 aliphatic heterocycles. The second-order valence-corrected chi connectivity index (χ2v) is 6.54. The van der Waals surface area contributed by atoms with Gasteiger partial charge in [0, 0.05) is 19.1 Å². The summed E-state index contributed by atoms with van der Waals surface area (Å²) in [6, 6.07) is 0.699. The van der Waals surface area contributed by atoms with E-state index in [4.69, 9.17) is 0 Å². The van der Waals surface area contributed by atoms with Crippen LogP contribution in [0.5, 0.6) is 0 Å². The van der Waals surface area contributed by atoms with Gasteiger partial charge in [-0.25, -0.2) is 0 Å². The molecule has 1 aromatic heterocycles. The van der Waals surface area contributed by atoms with E-state index in [1.807, 2.05) is 0 Å². The lowest BCUT2D eigenvalue weighted by Gasteiger charge is -2.36. The van der Waals surface area contributed by atoms with Crippen LogP contribution in [0.3, 0.4) is 0 Å². The summed E-state index contributed by atoms with van der Waals surface area (Å²) in [6.07, 6.45) is 2.56. The summed E-state index contributed by atoms with van der Waals surface area (Å²) in [4.78, 5) is 5.04. The zero-order valence-electron chi connectivity index (χ0n) is 13.2. The Kier molecular flexibility index (Phi) is 5.64. The molecule has 0 aromatic carbocycles. The van der Waals surface area contributed by atoms with Crippen molar-refractivity contribution >= 4 is 15.9 Å². The molecule has 4 nitrogen and oxygen atoms in total. The van der Waals surface area contributed by atoms with Gasteiger partial charge in [0.15, 0.2) is 0 Å². The molecule has 0 bridgehead atoms. The zero-order chi connectivity index (χ0) is 14.7. The molecule has 2 rings (SSSR count). The third-order valence-corrected chi connectivity index (χ3v) is 5.51. The first-order chi connectivity index (χ1) is 9.56. The fourth-order valence-corrected chi connectivity index (χ4v) is 3.47. The van der Waals surface area contributed by atoms with E-state index in [1.54, 1.807) is 0 Å². The molecule has 1 fully saturated rings. The maximum absolute atomic E-state index is 4.59. The Morgan fingerprint density at radius 3 is 2.45 bits per heavy atom. The Morgan fingerprint density at radius 2 is 1.90 bits per heavy atom. The summed E-state index contributed by atoms with van der Waals surface area (Å²) < 4.78 is 3.30. The standard InChI is InChI=1S/C15H27BrN4/c1-5-19-9-7-13(8-10-19)18(4)11-14-15(16)12(3)17-20(14)6-2/h13H,5-11H2,1-4H3. The fraction of sp³-hybridized carbons (Fsp3) is 0.800. The fourth-order valence-electron chi connectivity index (χ4n) is 3.06. The van der Waals surface area contributed by atoms with Crippen LogP contribution in [-0.2, 0) is 13.1 Å². The smallest absolute Gasteiger partial charge is 0.0739 e. The molecule has 20 heavy (non-hydrogen) atoms. The van der Waals surface area contributed by atoms with E-state index in [0.29, 0.717) is 6.04 Å². The molecule has 2 heterocycles. The number of aromatic nitrogens is 2. The maximum atomic E-state index is 4.59. The predicted molar refractivity (Wildman–Crippen MR) is 86.9 cm³/mol. The molecule has 1 saturated heterocycles. The Balaban J connectivity index is 2.00. The summed E-state index contributed by atoms with van der Waals surface area (Å²) in [5, 5.41) is 4.59. The molecular weight excluding hydrogens is 316 g/mol. The first-order valence-electron chi connectivity index (χ1n) is 7.71. The molecule has 1 aliphatic rings. The van der Waals surface area contributed by atoms with Crippen LogP contribution in [0, 0.1) is 6.92 Å². The van der Waals surface area contributed by atoms with Gasteiger partial charge in [0.1, 0.15) is 0 Å². The molecule has 0 aliphatic carbocycles. The van der Waals surface area contributed by atoms with E-state index in [1.165, 1.54) is 42.6 Å². The van der Waals surface area contributed by atoms with Crippen molar-refractivity contribution < 1.29 is 0 Å². The summed E-state index contributed by atoms with van der Waals surface area (Å²) in [7, 11) is 2.25. The van der Waals surface area contributed by atoms with Gasteiger partial charge in [-0.1, -0.05) is 6.92 Å². The van der Waals surface area contributed by atoms with Gasteiger partial charge in [0.05, 0.1) is 15.9 Å². The minimum Gasteiger partial charge on any atom is -0.303 e. The molecule has 0 spiro atoms. The highest BCUT2D eigenvalue weighted by Gasteiger charge is 2.23. The number of aryl methyl sites for hydroxylation is 2. The van der Waals surface area contributed by atoms with E-state index < -0.39 is 0 Å². The van der Waals surface area contributed by atoms with Crippen molar-refractivity contribution in [3.63, 3.8) is 0 Å². The lowest BCUT2D eigenvalue weighted by molar-refractivity contribution is 0.125. The number of piperidine rings is 1. The van der Waals surface area contributed by atoms with Crippen molar-refractivity contribution in [3.8, 4) is 0 Å². The number of nitrogens with zero attached hydrogens (tertiary/aromatic N) is 4. The van der Waals surface area contributed by atoms with Gasteiger partial charge >= 0.3 is 0 Å². The highest BCUT2D eigenvalue weighted by Crippen LogP contribution is 2.24. The van der Waals surface area contributed by atoms with Gasteiger partial charge in [-0.3, -0.25) is 9.58 Å². The quantitative estimate of drug-likeness (QED) is 0.822. The van der Waals surface area contributed by atoms with Crippen LogP contribution in [0.4, 0.5) is 0 Å². The molecule has 0 atom stereocenters. The summed E-state index contributed by atoms with van der Waals surface area (Å²) in [6.45, 7) is 12.0. The van der Waals surface area contributed by atoms with E-state index in [2.05, 4.69) is 63.3 Å². The zero-order valence-corrected chi connectivity index (χ0v) is 14.8. The molecule has 114 valence electrons. The van der Waals surface area contributed by atoms with Gasteiger partial charge in [0.25, 0.3) is 0 Å². The van der Waals surface area contributed by atoms with E-state index >= 15 is 0 Å². The average Bonchev–Trinajstić information content (AvgIpc) is 2.75. The van der Waals surface area contributed by atoms with Gasteiger partial charge < -0.3 is 4.90 Å². The molecule has 0 amide bonds. The van der Waals surface area contributed by atoms with E-state index in [-0.39, 0.29) is 0 Å². The van der Waals surface area contributed by atoms with Crippen LogP contribution in [0.25, 0.3) is 0 Å². The van der Waals surface area contributed by atoms with Crippen LogP contribution in [0.2, 0.25) is 0 Å². The van der Waals surface area contributed by atoms with E-state index in [0.717, 1.165) is 18.8 Å². The Bertz CT molecular complexity index is 435. The van der Waals surface area contributed by atoms with Crippen LogP contribution in [0.15, 0.2) is 4.47 Å². The second kappa shape index (κ2) is 7.05. The molecule has 0 saturated carbocycles. The van der Waals surface area contributed by atoms with Gasteiger partial charge in [-0.15, -0.1) is 0 Å². The normalized spacial score (nSPS) is 18.1. The third-order valence-electron chi connectivity index (χ3n) is 4.48. The largest absolute Gasteiger partial charge is 0.303 e. The van der Waals surface area contributed by atoms with Gasteiger partial charge in [-0.05, 0) is 69.3 Å². The predicted octanol–water partition coefficient (Wildman–Crippen LogP) is 2.89. The first kappa shape index (κ1) is 16.0. The number of hydrogen-bond acceptors (Lipinski definition) is 3. The molecule has 0 unspecified atom stereocenters. The minimum atomic E-state index is 0.699. The SMILES string of the molecule is CCN1CCC(N(C)Cc2c(Br)c(C)nn2CC)CC1. The lowest BCUT2D eigenvalue weighted by Crippen LogP contribution is -2.43. The van der Waals surface area contributed by atoms with Gasteiger partial charge in [-0.2, -0.15) is 5.10 Å². The van der Waals surface area contributed by atoms with Gasteiger partial charge in [0.2, 0.25) is 0 Å². The number of likely N-dealkylation sites (tertiary alicyclic amines) is 1. The average molecular weight is 343 g/mol. The van der Waals surface area contributed by atoms with Crippen LogP contribution < -0.4 is 0 Å². The lowest BCUT2D eigenvalue weighted by atomic mass is 10.0. The van der Waals surface area contributed by atoms with Crippen molar-refractivity contribution in [2.24, 2.45) is 0 Å². The van der Waals surface area contributed by atoms with E-state index in [9.17, 15) is 0 Å². The minimum absolute atomic E-state index is 0.699. The Hall–Kier alpha value is -0.390. The third kappa shape index (κ3) is 3.43.